The van der Waals surface area contributed by atoms with Crippen LogP contribution < -0.4 is 0 Å². The van der Waals surface area contributed by atoms with Gasteiger partial charge in [0.05, 0.1) is 35.8 Å². The first-order valence-electron chi connectivity index (χ1n) is 10.5. The Morgan fingerprint density at radius 3 is 2.97 bits per heavy atom. The molecule has 1 aliphatic rings. The summed E-state index contributed by atoms with van der Waals surface area (Å²) in [7, 11) is 0. The number of carbonyl (C=O) groups excluding carboxylic acids is 1. The molecule has 1 atom stereocenters. The van der Waals surface area contributed by atoms with Gasteiger partial charge in [-0.05, 0) is 43.2 Å². The van der Waals surface area contributed by atoms with Crippen molar-refractivity contribution < 1.29 is 9.18 Å². The van der Waals surface area contributed by atoms with E-state index < -0.39 is 5.82 Å². The molecule has 4 heterocycles. The molecule has 33 heavy (non-hydrogen) atoms. The van der Waals surface area contributed by atoms with Crippen molar-refractivity contribution in [3.63, 3.8) is 0 Å². The lowest BCUT2D eigenvalue weighted by Gasteiger charge is -2.32. The van der Waals surface area contributed by atoms with Gasteiger partial charge in [0.2, 0.25) is 0 Å². The number of pyridine rings is 1. The second-order valence-corrected chi connectivity index (χ2v) is 7.83. The lowest BCUT2D eigenvalue weighted by molar-refractivity contribution is 0.0665. The van der Waals surface area contributed by atoms with Gasteiger partial charge in [-0.1, -0.05) is 11.3 Å². The van der Waals surface area contributed by atoms with Crippen LogP contribution in [-0.2, 0) is 0 Å². The van der Waals surface area contributed by atoms with E-state index in [1.807, 2.05) is 6.07 Å². The van der Waals surface area contributed by atoms with Crippen LogP contribution in [0.3, 0.4) is 0 Å². The average Bonchev–Trinajstić information content (AvgIpc) is 3.54. The van der Waals surface area contributed by atoms with Crippen LogP contribution in [0.2, 0.25) is 0 Å². The Morgan fingerprint density at radius 1 is 1.21 bits per heavy atom. The number of hydrogen-bond donors (Lipinski definition) is 0. The minimum absolute atomic E-state index is 0.0418. The first kappa shape index (κ1) is 20.5. The summed E-state index contributed by atoms with van der Waals surface area (Å²) in [6.07, 6.45) is 7.81. The number of benzene rings is 1. The van der Waals surface area contributed by atoms with Gasteiger partial charge >= 0.3 is 0 Å². The first-order chi connectivity index (χ1) is 16.1. The number of rotatable bonds is 4. The Morgan fingerprint density at radius 2 is 2.12 bits per heavy atom. The van der Waals surface area contributed by atoms with Crippen LogP contribution in [0.25, 0.3) is 16.9 Å². The van der Waals surface area contributed by atoms with Crippen molar-refractivity contribution in [1.29, 1.82) is 5.26 Å². The molecular formula is C23H19FN8O. The summed E-state index contributed by atoms with van der Waals surface area (Å²) in [6.45, 7) is 1.10. The van der Waals surface area contributed by atoms with Crippen LogP contribution in [0.5, 0.6) is 0 Å². The fourth-order valence-electron chi connectivity index (χ4n) is 3.96. The Kier molecular flexibility index (Phi) is 5.36. The van der Waals surface area contributed by atoms with Crippen molar-refractivity contribution in [3.8, 4) is 23.0 Å². The zero-order valence-electron chi connectivity index (χ0n) is 17.5. The third-order valence-electron chi connectivity index (χ3n) is 5.62. The van der Waals surface area contributed by atoms with E-state index in [2.05, 4.69) is 26.5 Å². The third kappa shape index (κ3) is 4.21. The number of piperidine rings is 1. The van der Waals surface area contributed by atoms with Crippen molar-refractivity contribution in [3.05, 3.63) is 78.3 Å². The Balaban J connectivity index is 1.31. The molecule has 10 heteroatoms. The van der Waals surface area contributed by atoms with Gasteiger partial charge in [-0.25, -0.2) is 13.8 Å². The minimum atomic E-state index is -0.435. The van der Waals surface area contributed by atoms with Crippen molar-refractivity contribution >= 4 is 5.91 Å². The largest absolute Gasteiger partial charge is 0.335 e. The van der Waals surface area contributed by atoms with Crippen LogP contribution in [0.15, 0.2) is 61.2 Å². The summed E-state index contributed by atoms with van der Waals surface area (Å²) in [5.74, 6) is -0.597. The quantitative estimate of drug-likeness (QED) is 0.481. The topological polar surface area (TPSA) is 106 Å². The highest BCUT2D eigenvalue weighted by Crippen LogP contribution is 2.24. The number of likely N-dealkylation sites (tertiary alicyclic amines) is 1. The SMILES string of the molecule is N#Cc1cccc(-n2ccc(C(=O)N3CCCC(n4cc(-c5cncc(F)c5)nn4)C3)n2)c1. The standard InChI is InChI=1S/C23H19FN8O/c24-18-10-17(12-26-13-18)22-15-32(29-27-22)20-5-2-7-30(14-20)23(33)21-6-8-31(28-21)19-4-1-3-16(9-19)11-25/h1,3-4,6,8-10,12-13,15,20H,2,5,7,14H2. The van der Waals surface area contributed by atoms with E-state index in [0.29, 0.717) is 41.3 Å². The minimum Gasteiger partial charge on any atom is -0.335 e. The lowest BCUT2D eigenvalue weighted by atomic mass is 10.1. The molecule has 5 rings (SSSR count). The van der Waals surface area contributed by atoms with Crippen LogP contribution >= 0.6 is 0 Å². The molecule has 9 nitrogen and oxygen atoms in total. The molecule has 1 amide bonds. The molecule has 0 spiro atoms. The van der Waals surface area contributed by atoms with Crippen LogP contribution in [0, 0.1) is 17.1 Å². The number of nitrogens with zero attached hydrogens (tertiary/aromatic N) is 8. The van der Waals surface area contributed by atoms with Crippen molar-refractivity contribution in [2.75, 3.05) is 13.1 Å². The molecule has 1 unspecified atom stereocenters. The normalized spacial score (nSPS) is 15.9. The summed E-state index contributed by atoms with van der Waals surface area (Å²) in [5, 5.41) is 21.9. The monoisotopic (exact) mass is 442 g/mol. The van der Waals surface area contributed by atoms with E-state index in [-0.39, 0.29) is 11.9 Å². The van der Waals surface area contributed by atoms with Crippen LogP contribution in [0.1, 0.15) is 34.9 Å². The maximum Gasteiger partial charge on any atom is 0.274 e. The summed E-state index contributed by atoms with van der Waals surface area (Å²) in [5.41, 5.74) is 2.66. The first-order valence-corrected chi connectivity index (χ1v) is 10.5. The molecular weight excluding hydrogens is 423 g/mol. The molecule has 0 radical (unpaired) electrons. The van der Waals surface area contributed by atoms with Gasteiger partial charge in [0.15, 0.2) is 5.69 Å². The molecule has 1 aliphatic heterocycles. The van der Waals surface area contributed by atoms with Crippen molar-refractivity contribution in [1.82, 2.24) is 34.7 Å². The highest BCUT2D eigenvalue weighted by atomic mass is 19.1. The maximum absolute atomic E-state index is 13.5. The Labute approximate surface area is 188 Å². The van der Waals surface area contributed by atoms with Crippen LogP contribution in [-0.4, -0.2) is 53.7 Å². The van der Waals surface area contributed by atoms with Crippen molar-refractivity contribution in [2.45, 2.75) is 18.9 Å². The van der Waals surface area contributed by atoms with Crippen LogP contribution in [0.4, 0.5) is 4.39 Å². The van der Waals surface area contributed by atoms with E-state index >= 15 is 0 Å². The van der Waals surface area contributed by atoms with Gasteiger partial charge in [-0.15, -0.1) is 5.10 Å². The fraction of sp³-hybridized carbons (Fsp3) is 0.217. The van der Waals surface area contributed by atoms with E-state index in [0.717, 1.165) is 19.0 Å². The lowest BCUT2D eigenvalue weighted by Crippen LogP contribution is -2.41. The van der Waals surface area contributed by atoms with E-state index in [1.165, 1.54) is 12.3 Å². The van der Waals surface area contributed by atoms with Gasteiger partial charge in [-0.3, -0.25) is 9.78 Å². The molecule has 3 aromatic heterocycles. The van der Waals surface area contributed by atoms with Gasteiger partial charge in [0.25, 0.3) is 5.91 Å². The summed E-state index contributed by atoms with van der Waals surface area (Å²) in [4.78, 5) is 18.7. The summed E-state index contributed by atoms with van der Waals surface area (Å²) >= 11 is 0. The van der Waals surface area contributed by atoms with Gasteiger partial charge in [0, 0.05) is 31.0 Å². The Bertz CT molecular complexity index is 1350. The number of hydrogen-bond acceptors (Lipinski definition) is 6. The van der Waals surface area contributed by atoms with E-state index in [4.69, 9.17) is 5.26 Å². The van der Waals surface area contributed by atoms with Crippen molar-refractivity contribution in [2.24, 2.45) is 0 Å². The maximum atomic E-state index is 13.5. The molecule has 0 saturated carbocycles. The molecule has 1 aromatic carbocycles. The van der Waals surface area contributed by atoms with Gasteiger partial charge in [-0.2, -0.15) is 10.4 Å². The number of amides is 1. The summed E-state index contributed by atoms with van der Waals surface area (Å²) < 4.78 is 16.8. The zero-order valence-corrected chi connectivity index (χ0v) is 17.5. The second-order valence-electron chi connectivity index (χ2n) is 7.83. The highest BCUT2D eigenvalue weighted by molar-refractivity contribution is 5.92. The predicted octanol–water partition coefficient (Wildman–Crippen LogP) is 3.01. The fourth-order valence-corrected chi connectivity index (χ4v) is 3.96. The third-order valence-corrected chi connectivity index (χ3v) is 5.62. The molecule has 164 valence electrons. The number of halogens is 1. The van der Waals surface area contributed by atoms with Gasteiger partial charge in [0.1, 0.15) is 11.5 Å². The van der Waals surface area contributed by atoms with E-state index in [1.54, 1.807) is 50.9 Å². The molecule has 0 N–H and O–H groups in total. The molecule has 1 fully saturated rings. The van der Waals surface area contributed by atoms with Gasteiger partial charge < -0.3 is 4.90 Å². The average molecular weight is 442 g/mol. The molecule has 4 aromatic rings. The predicted molar refractivity (Wildman–Crippen MR) is 116 cm³/mol. The summed E-state index contributed by atoms with van der Waals surface area (Å²) in [6, 6.07) is 12.1. The smallest absolute Gasteiger partial charge is 0.274 e. The number of nitriles is 1. The number of carbonyl (C=O) groups is 1. The molecule has 0 bridgehead atoms. The molecule has 1 saturated heterocycles. The zero-order chi connectivity index (χ0) is 22.8. The highest BCUT2D eigenvalue weighted by Gasteiger charge is 2.27. The Hall–Kier alpha value is -4.39. The number of aromatic nitrogens is 6. The molecule has 0 aliphatic carbocycles. The van der Waals surface area contributed by atoms with E-state index in [9.17, 15) is 9.18 Å². The second kappa shape index (κ2) is 8.63.